The summed E-state index contributed by atoms with van der Waals surface area (Å²) in [6.07, 6.45) is 0.960. The van der Waals surface area contributed by atoms with Crippen molar-refractivity contribution in [1.82, 2.24) is 4.98 Å². The van der Waals surface area contributed by atoms with Gasteiger partial charge in [0.05, 0.1) is 26.0 Å². The van der Waals surface area contributed by atoms with E-state index in [0.717, 1.165) is 47.4 Å². The van der Waals surface area contributed by atoms with E-state index in [2.05, 4.69) is 30.0 Å². The zero-order valence-electron chi connectivity index (χ0n) is 15.5. The third-order valence-corrected chi connectivity index (χ3v) is 6.15. The summed E-state index contributed by atoms with van der Waals surface area (Å²) in [6.45, 7) is 3.87. The molecule has 0 spiro atoms. The molecule has 6 heteroatoms. The topological polar surface area (TPSA) is 43.8 Å². The van der Waals surface area contributed by atoms with Crippen LogP contribution in [0.3, 0.4) is 0 Å². The number of methoxy groups -OCH3 is 3. The molecular weight excluding hydrogens is 348 g/mol. The zero-order chi connectivity index (χ0) is 18.3. The molecule has 0 fully saturated rings. The molecule has 1 aliphatic heterocycles. The fraction of sp³-hybridized carbons (Fsp3) is 0.350. The van der Waals surface area contributed by atoms with Crippen LogP contribution in [0.25, 0.3) is 10.2 Å². The van der Waals surface area contributed by atoms with E-state index < -0.39 is 0 Å². The van der Waals surface area contributed by atoms with Crippen molar-refractivity contribution in [2.75, 3.05) is 32.8 Å². The van der Waals surface area contributed by atoms with Crippen LogP contribution in [0, 0.1) is 6.92 Å². The molecule has 0 saturated heterocycles. The van der Waals surface area contributed by atoms with E-state index in [1.165, 1.54) is 21.4 Å². The van der Waals surface area contributed by atoms with Crippen LogP contribution >= 0.6 is 11.3 Å². The van der Waals surface area contributed by atoms with Gasteiger partial charge in [-0.2, -0.15) is 0 Å². The van der Waals surface area contributed by atoms with E-state index in [-0.39, 0.29) is 0 Å². The summed E-state index contributed by atoms with van der Waals surface area (Å²) in [5.41, 5.74) is 4.75. The minimum absolute atomic E-state index is 0.773. The maximum absolute atomic E-state index is 5.49. The minimum atomic E-state index is 0.773. The fourth-order valence-electron chi connectivity index (χ4n) is 3.44. The Labute approximate surface area is 157 Å². The summed E-state index contributed by atoms with van der Waals surface area (Å²) in [5, 5.41) is 1.04. The van der Waals surface area contributed by atoms with Crippen LogP contribution in [0.15, 0.2) is 24.3 Å². The van der Waals surface area contributed by atoms with Gasteiger partial charge in [-0.05, 0) is 48.2 Å². The molecule has 0 radical (unpaired) electrons. The molecule has 2 aromatic carbocycles. The lowest BCUT2D eigenvalue weighted by Gasteiger charge is -2.29. The van der Waals surface area contributed by atoms with Gasteiger partial charge in [0, 0.05) is 13.1 Å². The first-order chi connectivity index (χ1) is 12.6. The molecule has 1 aliphatic rings. The highest BCUT2D eigenvalue weighted by Gasteiger charge is 2.23. The van der Waals surface area contributed by atoms with Gasteiger partial charge in [0.25, 0.3) is 0 Å². The average molecular weight is 370 g/mol. The number of aryl methyl sites for hydroxylation is 1. The predicted octanol–water partition coefficient (Wildman–Crippen LogP) is 4.19. The first-order valence-corrected chi connectivity index (χ1v) is 9.39. The van der Waals surface area contributed by atoms with Crippen molar-refractivity contribution < 1.29 is 14.2 Å². The number of aromatic nitrogens is 1. The highest BCUT2D eigenvalue weighted by Crippen LogP contribution is 2.39. The van der Waals surface area contributed by atoms with Gasteiger partial charge in [-0.15, -0.1) is 0 Å². The Balaban J connectivity index is 1.71. The summed E-state index contributed by atoms with van der Waals surface area (Å²) in [4.78, 5) is 7.21. The standard InChI is InChI=1S/C20H22N2O3S/c1-12-5-6-15(23-2)18-19(12)26-20(21-18)22-8-7-13-9-16(24-3)17(25-4)10-14(13)11-22/h5-6,9-10H,7-8,11H2,1-4H3. The molecular formula is C20H22N2O3S. The maximum atomic E-state index is 5.49. The Morgan fingerprint density at radius 2 is 1.65 bits per heavy atom. The number of hydrogen-bond donors (Lipinski definition) is 0. The third-order valence-electron chi connectivity index (χ3n) is 4.90. The summed E-state index contributed by atoms with van der Waals surface area (Å²) < 4.78 is 17.6. The molecule has 0 bridgehead atoms. The first-order valence-electron chi connectivity index (χ1n) is 8.57. The molecule has 26 heavy (non-hydrogen) atoms. The molecule has 0 aliphatic carbocycles. The van der Waals surface area contributed by atoms with Crippen LogP contribution in [0.5, 0.6) is 17.2 Å². The third kappa shape index (κ3) is 2.74. The number of nitrogens with zero attached hydrogens (tertiary/aromatic N) is 2. The van der Waals surface area contributed by atoms with Gasteiger partial charge < -0.3 is 19.1 Å². The van der Waals surface area contributed by atoms with Crippen molar-refractivity contribution in [2.24, 2.45) is 0 Å². The molecule has 0 amide bonds. The van der Waals surface area contributed by atoms with E-state index in [1.807, 2.05) is 6.07 Å². The van der Waals surface area contributed by atoms with Crippen molar-refractivity contribution in [2.45, 2.75) is 19.9 Å². The molecule has 0 saturated carbocycles. The Bertz CT molecular complexity index is 967. The number of ether oxygens (including phenoxy) is 3. The highest BCUT2D eigenvalue weighted by molar-refractivity contribution is 7.22. The highest BCUT2D eigenvalue weighted by atomic mass is 32.1. The van der Waals surface area contributed by atoms with Gasteiger partial charge >= 0.3 is 0 Å². The van der Waals surface area contributed by atoms with E-state index in [9.17, 15) is 0 Å². The van der Waals surface area contributed by atoms with E-state index >= 15 is 0 Å². The lowest BCUT2D eigenvalue weighted by molar-refractivity contribution is 0.353. The lowest BCUT2D eigenvalue weighted by Crippen LogP contribution is -2.30. The largest absolute Gasteiger partial charge is 0.494 e. The van der Waals surface area contributed by atoms with Crippen molar-refractivity contribution in [1.29, 1.82) is 0 Å². The van der Waals surface area contributed by atoms with Crippen molar-refractivity contribution in [3.8, 4) is 17.2 Å². The number of rotatable bonds is 4. The molecule has 1 aromatic heterocycles. The second kappa shape index (κ2) is 6.68. The minimum Gasteiger partial charge on any atom is -0.494 e. The second-order valence-corrected chi connectivity index (χ2v) is 7.38. The second-order valence-electron chi connectivity index (χ2n) is 6.41. The summed E-state index contributed by atoms with van der Waals surface area (Å²) in [6, 6.07) is 8.26. The Kier molecular flexibility index (Phi) is 4.36. The van der Waals surface area contributed by atoms with Crippen LogP contribution in [0.4, 0.5) is 5.13 Å². The predicted molar refractivity (Wildman–Crippen MR) is 105 cm³/mol. The molecule has 0 atom stereocenters. The Hall–Kier alpha value is -2.47. The Morgan fingerprint density at radius 3 is 2.35 bits per heavy atom. The van der Waals surface area contributed by atoms with Crippen molar-refractivity contribution in [3.05, 3.63) is 41.0 Å². The maximum Gasteiger partial charge on any atom is 0.186 e. The lowest BCUT2D eigenvalue weighted by atomic mass is 9.99. The molecule has 0 unspecified atom stereocenters. The molecule has 2 heterocycles. The first kappa shape index (κ1) is 17.0. The molecule has 4 rings (SSSR count). The van der Waals surface area contributed by atoms with Crippen LogP contribution in [-0.2, 0) is 13.0 Å². The summed E-state index contributed by atoms with van der Waals surface area (Å²) in [7, 11) is 5.05. The number of anilines is 1. The summed E-state index contributed by atoms with van der Waals surface area (Å²) >= 11 is 1.73. The fourth-order valence-corrected chi connectivity index (χ4v) is 4.52. The molecule has 5 nitrogen and oxygen atoms in total. The number of fused-ring (bicyclic) bond motifs is 2. The van der Waals surface area contributed by atoms with Crippen molar-refractivity contribution in [3.63, 3.8) is 0 Å². The quantitative estimate of drug-likeness (QED) is 0.689. The van der Waals surface area contributed by atoms with Crippen LogP contribution in [-0.4, -0.2) is 32.9 Å². The number of hydrogen-bond acceptors (Lipinski definition) is 6. The summed E-state index contributed by atoms with van der Waals surface area (Å²) in [5.74, 6) is 2.40. The van der Waals surface area contributed by atoms with Gasteiger partial charge in [0.15, 0.2) is 16.6 Å². The molecule has 3 aromatic rings. The number of benzene rings is 2. The monoisotopic (exact) mass is 370 g/mol. The van der Waals surface area contributed by atoms with E-state index in [1.54, 1.807) is 32.7 Å². The average Bonchev–Trinajstić information content (AvgIpc) is 3.13. The van der Waals surface area contributed by atoms with Gasteiger partial charge in [-0.25, -0.2) is 4.98 Å². The van der Waals surface area contributed by atoms with E-state index in [0.29, 0.717) is 0 Å². The SMILES string of the molecule is COc1cc2c(cc1OC)CN(c1nc3c(OC)ccc(C)c3s1)CC2. The normalized spacial score (nSPS) is 13.6. The number of thiazole rings is 1. The molecule has 136 valence electrons. The van der Waals surface area contributed by atoms with Gasteiger partial charge in [0.2, 0.25) is 0 Å². The van der Waals surface area contributed by atoms with Crippen LogP contribution in [0.2, 0.25) is 0 Å². The van der Waals surface area contributed by atoms with E-state index in [4.69, 9.17) is 19.2 Å². The molecule has 0 N–H and O–H groups in total. The van der Waals surface area contributed by atoms with Gasteiger partial charge in [0.1, 0.15) is 11.3 Å². The van der Waals surface area contributed by atoms with Gasteiger partial charge in [-0.3, -0.25) is 0 Å². The zero-order valence-corrected chi connectivity index (χ0v) is 16.3. The smallest absolute Gasteiger partial charge is 0.186 e. The van der Waals surface area contributed by atoms with Crippen LogP contribution in [0.1, 0.15) is 16.7 Å². The van der Waals surface area contributed by atoms with Crippen LogP contribution < -0.4 is 19.1 Å². The van der Waals surface area contributed by atoms with Crippen molar-refractivity contribution >= 4 is 26.7 Å². The Morgan fingerprint density at radius 1 is 0.962 bits per heavy atom. The van der Waals surface area contributed by atoms with Gasteiger partial charge in [-0.1, -0.05) is 17.4 Å².